The number of hydrogen-bond donors (Lipinski definition) is 2. The van der Waals surface area contributed by atoms with Gasteiger partial charge in [0.2, 0.25) is 0 Å². The summed E-state index contributed by atoms with van der Waals surface area (Å²) in [7, 11) is 0. The molecule has 2 rings (SSSR count). The smallest absolute Gasteiger partial charge is 0.335 e. The summed E-state index contributed by atoms with van der Waals surface area (Å²) in [5.41, 5.74) is 2.67. The van der Waals surface area contributed by atoms with Crippen LogP contribution in [0, 0.1) is 6.92 Å². The molecule has 0 aliphatic rings. The number of nitrogens with one attached hydrogen (secondary N) is 1. The molecule has 0 saturated carbocycles. The monoisotopic (exact) mass is 271 g/mol. The van der Waals surface area contributed by atoms with Gasteiger partial charge in [-0.1, -0.05) is 13.8 Å². The molecule has 0 fully saturated rings. The lowest BCUT2D eigenvalue weighted by Gasteiger charge is -2.11. The number of aromatic carboxylic acids is 1. The first kappa shape index (κ1) is 14.0. The first-order valence-corrected chi connectivity index (χ1v) is 6.40. The Morgan fingerprint density at radius 1 is 1.30 bits per heavy atom. The van der Waals surface area contributed by atoms with Crippen LogP contribution in [0.15, 0.2) is 30.5 Å². The third-order valence-electron chi connectivity index (χ3n) is 2.87. The van der Waals surface area contributed by atoms with Crippen LogP contribution in [-0.4, -0.2) is 21.0 Å². The van der Waals surface area contributed by atoms with E-state index in [0.717, 1.165) is 17.1 Å². The van der Waals surface area contributed by atoms with Crippen LogP contribution in [0.4, 0.5) is 11.5 Å². The van der Waals surface area contributed by atoms with E-state index >= 15 is 0 Å². The Bertz CT molecular complexity index is 622. The highest BCUT2D eigenvalue weighted by atomic mass is 16.4. The second-order valence-electron chi connectivity index (χ2n) is 4.94. The van der Waals surface area contributed by atoms with Crippen molar-refractivity contribution in [2.75, 3.05) is 5.32 Å². The third kappa shape index (κ3) is 3.32. The molecular weight excluding hydrogens is 254 g/mol. The number of carbonyl (C=O) groups is 1. The van der Waals surface area contributed by atoms with E-state index in [1.807, 2.05) is 32.9 Å². The fraction of sp³-hybridized carbons (Fsp3) is 0.267. The van der Waals surface area contributed by atoms with E-state index in [2.05, 4.69) is 15.3 Å². The number of carboxylic acid groups (broad SMARTS) is 1. The molecular formula is C15H17N3O2. The topological polar surface area (TPSA) is 75.1 Å². The van der Waals surface area contributed by atoms with E-state index in [1.165, 1.54) is 6.07 Å². The summed E-state index contributed by atoms with van der Waals surface area (Å²) in [4.78, 5) is 19.8. The van der Waals surface area contributed by atoms with Gasteiger partial charge in [0.15, 0.2) is 0 Å². The summed E-state index contributed by atoms with van der Waals surface area (Å²) >= 11 is 0. The average molecular weight is 271 g/mol. The maximum atomic E-state index is 11.2. The van der Waals surface area contributed by atoms with Crippen molar-refractivity contribution >= 4 is 17.5 Å². The minimum absolute atomic E-state index is 0.158. The second kappa shape index (κ2) is 5.69. The number of anilines is 2. The predicted molar refractivity (Wildman–Crippen MR) is 77.5 cm³/mol. The zero-order valence-electron chi connectivity index (χ0n) is 11.7. The van der Waals surface area contributed by atoms with Crippen LogP contribution in [-0.2, 0) is 0 Å². The molecule has 5 nitrogen and oxygen atoms in total. The van der Waals surface area contributed by atoms with Crippen molar-refractivity contribution in [3.8, 4) is 0 Å². The molecule has 20 heavy (non-hydrogen) atoms. The lowest BCUT2D eigenvalue weighted by atomic mass is 10.1. The third-order valence-corrected chi connectivity index (χ3v) is 2.87. The van der Waals surface area contributed by atoms with Crippen molar-refractivity contribution in [1.82, 2.24) is 9.97 Å². The Hall–Kier alpha value is -2.43. The predicted octanol–water partition coefficient (Wildman–Crippen LogP) is 3.35. The Labute approximate surface area is 117 Å². The zero-order chi connectivity index (χ0) is 14.7. The maximum absolute atomic E-state index is 11.2. The van der Waals surface area contributed by atoms with E-state index < -0.39 is 5.97 Å². The molecule has 2 aromatic rings. The van der Waals surface area contributed by atoms with Crippen LogP contribution in [0.25, 0.3) is 0 Å². The fourth-order valence-corrected chi connectivity index (χ4v) is 1.72. The van der Waals surface area contributed by atoms with Crippen molar-refractivity contribution in [3.63, 3.8) is 0 Å². The number of nitrogens with zero attached hydrogens (tertiary/aromatic N) is 2. The average Bonchev–Trinajstić information content (AvgIpc) is 2.41. The van der Waals surface area contributed by atoms with Crippen molar-refractivity contribution in [2.45, 2.75) is 26.7 Å². The van der Waals surface area contributed by atoms with Crippen molar-refractivity contribution in [2.24, 2.45) is 0 Å². The van der Waals surface area contributed by atoms with Crippen molar-refractivity contribution < 1.29 is 9.90 Å². The van der Waals surface area contributed by atoms with Crippen LogP contribution < -0.4 is 5.32 Å². The fourth-order valence-electron chi connectivity index (χ4n) is 1.72. The summed E-state index contributed by atoms with van der Waals surface area (Å²) in [6.07, 6.45) is 1.69. The quantitative estimate of drug-likeness (QED) is 0.891. The van der Waals surface area contributed by atoms with E-state index in [-0.39, 0.29) is 11.5 Å². The molecule has 0 unspecified atom stereocenters. The van der Waals surface area contributed by atoms with Gasteiger partial charge in [0.25, 0.3) is 0 Å². The van der Waals surface area contributed by atoms with Gasteiger partial charge < -0.3 is 10.4 Å². The molecule has 2 N–H and O–H groups in total. The molecule has 0 atom stereocenters. The van der Waals surface area contributed by atoms with Gasteiger partial charge in [0.1, 0.15) is 5.82 Å². The standard InChI is InChI=1S/C15H17N3O2/c1-9(2)13-6-11(15(19)20)7-14(18-13)17-12-5-4-10(3)16-8-12/h4-9H,1-3H3,(H,17,18)(H,19,20). The van der Waals surface area contributed by atoms with E-state index in [4.69, 9.17) is 5.11 Å². The van der Waals surface area contributed by atoms with E-state index in [9.17, 15) is 4.79 Å². The molecule has 0 aromatic carbocycles. The van der Waals surface area contributed by atoms with Gasteiger partial charge in [0.05, 0.1) is 17.4 Å². The van der Waals surface area contributed by atoms with Crippen LogP contribution in [0.2, 0.25) is 0 Å². The number of rotatable bonds is 4. The Morgan fingerprint density at radius 2 is 2.05 bits per heavy atom. The molecule has 0 aliphatic carbocycles. The summed E-state index contributed by atoms with van der Waals surface area (Å²) < 4.78 is 0. The highest BCUT2D eigenvalue weighted by Crippen LogP contribution is 2.20. The minimum Gasteiger partial charge on any atom is -0.478 e. The van der Waals surface area contributed by atoms with Crippen LogP contribution in [0.5, 0.6) is 0 Å². The first-order chi connectivity index (χ1) is 9.45. The molecule has 0 aliphatic heterocycles. The summed E-state index contributed by atoms with van der Waals surface area (Å²) in [6.45, 7) is 5.86. The number of aromatic nitrogens is 2. The van der Waals surface area contributed by atoms with Gasteiger partial charge >= 0.3 is 5.97 Å². The van der Waals surface area contributed by atoms with Gasteiger partial charge in [-0.2, -0.15) is 0 Å². The van der Waals surface area contributed by atoms with Gasteiger partial charge in [-0.25, -0.2) is 9.78 Å². The second-order valence-corrected chi connectivity index (χ2v) is 4.94. The van der Waals surface area contributed by atoms with Gasteiger partial charge in [-0.3, -0.25) is 4.98 Å². The van der Waals surface area contributed by atoms with E-state index in [0.29, 0.717) is 5.82 Å². The SMILES string of the molecule is Cc1ccc(Nc2cc(C(=O)O)cc(C(C)C)n2)cn1. The molecule has 0 saturated heterocycles. The number of hydrogen-bond acceptors (Lipinski definition) is 4. The lowest BCUT2D eigenvalue weighted by molar-refractivity contribution is 0.0696. The zero-order valence-corrected chi connectivity index (χ0v) is 11.7. The number of pyridine rings is 2. The molecule has 0 bridgehead atoms. The largest absolute Gasteiger partial charge is 0.478 e. The van der Waals surface area contributed by atoms with Crippen LogP contribution in [0.1, 0.15) is 41.5 Å². The normalized spacial score (nSPS) is 10.6. The van der Waals surface area contributed by atoms with Crippen molar-refractivity contribution in [1.29, 1.82) is 0 Å². The number of carboxylic acids is 1. The highest BCUT2D eigenvalue weighted by Gasteiger charge is 2.11. The molecule has 5 heteroatoms. The van der Waals surface area contributed by atoms with Gasteiger partial charge in [-0.05, 0) is 37.1 Å². The number of aryl methyl sites for hydroxylation is 1. The maximum Gasteiger partial charge on any atom is 0.335 e. The summed E-state index contributed by atoms with van der Waals surface area (Å²) in [5.74, 6) is -0.287. The Balaban J connectivity index is 2.35. The molecule has 0 radical (unpaired) electrons. The molecule has 2 heterocycles. The molecule has 0 spiro atoms. The Morgan fingerprint density at radius 3 is 2.60 bits per heavy atom. The highest BCUT2D eigenvalue weighted by molar-refractivity contribution is 5.88. The molecule has 0 amide bonds. The first-order valence-electron chi connectivity index (χ1n) is 6.40. The van der Waals surface area contributed by atoms with Crippen LogP contribution in [0.3, 0.4) is 0 Å². The summed E-state index contributed by atoms with van der Waals surface area (Å²) in [5, 5.41) is 12.2. The van der Waals surface area contributed by atoms with E-state index in [1.54, 1.807) is 12.3 Å². The van der Waals surface area contributed by atoms with Gasteiger partial charge in [0, 0.05) is 11.4 Å². The van der Waals surface area contributed by atoms with Gasteiger partial charge in [-0.15, -0.1) is 0 Å². The summed E-state index contributed by atoms with van der Waals surface area (Å²) in [6, 6.07) is 6.89. The van der Waals surface area contributed by atoms with Crippen LogP contribution >= 0.6 is 0 Å². The Kier molecular flexibility index (Phi) is 3.98. The molecule has 2 aromatic heterocycles. The lowest BCUT2D eigenvalue weighted by Crippen LogP contribution is -2.05. The minimum atomic E-state index is -0.959. The van der Waals surface area contributed by atoms with Crippen molar-refractivity contribution in [3.05, 3.63) is 47.4 Å². The molecule has 104 valence electrons.